The fraction of sp³-hybridized carbons (Fsp3) is 0.571. The highest BCUT2D eigenvalue weighted by Crippen LogP contribution is 2.47. The van der Waals surface area contributed by atoms with E-state index in [1.165, 1.54) is 6.07 Å². The van der Waals surface area contributed by atoms with Crippen molar-refractivity contribution in [2.24, 2.45) is 5.92 Å². The summed E-state index contributed by atoms with van der Waals surface area (Å²) in [7, 11) is 0. The van der Waals surface area contributed by atoms with E-state index in [0.29, 0.717) is 44.1 Å². The molecule has 2 aromatic rings. The van der Waals surface area contributed by atoms with Crippen LogP contribution in [0.2, 0.25) is 0 Å². The summed E-state index contributed by atoms with van der Waals surface area (Å²) >= 11 is 0. The second kappa shape index (κ2) is 6.15. The van der Waals surface area contributed by atoms with Crippen molar-refractivity contribution in [1.82, 2.24) is 9.55 Å². The van der Waals surface area contributed by atoms with Crippen molar-refractivity contribution in [3.63, 3.8) is 0 Å². The lowest BCUT2D eigenvalue weighted by molar-refractivity contribution is -0.0313. The summed E-state index contributed by atoms with van der Waals surface area (Å²) in [5.74, 6) is -0.0777. The molecule has 1 fully saturated rings. The molecule has 1 aromatic carbocycles. The van der Waals surface area contributed by atoms with Crippen LogP contribution in [-0.2, 0) is 0 Å². The van der Waals surface area contributed by atoms with Gasteiger partial charge in [0.15, 0.2) is 0 Å². The number of nitrogens with zero attached hydrogens (tertiary/aromatic N) is 2. The number of aliphatic hydroxyl groups is 1. The predicted octanol–water partition coefficient (Wildman–Crippen LogP) is 5.04. The van der Waals surface area contributed by atoms with Crippen molar-refractivity contribution in [3.8, 4) is 11.3 Å². The van der Waals surface area contributed by atoms with Crippen molar-refractivity contribution in [1.29, 1.82) is 0 Å². The van der Waals surface area contributed by atoms with Crippen LogP contribution < -0.4 is 0 Å². The largest absolute Gasteiger partial charge is 0.390 e. The third-order valence-electron chi connectivity index (χ3n) is 6.41. The van der Waals surface area contributed by atoms with Crippen LogP contribution >= 0.6 is 0 Å². The zero-order chi connectivity index (χ0) is 18.5. The molecule has 1 aliphatic heterocycles. The molecule has 1 atom stereocenters. The Morgan fingerprint density at radius 1 is 1.31 bits per heavy atom. The lowest BCUT2D eigenvalue weighted by atomic mass is 9.72. The molecule has 2 aliphatic rings. The Morgan fingerprint density at radius 2 is 2.04 bits per heavy atom. The van der Waals surface area contributed by atoms with Crippen molar-refractivity contribution in [3.05, 3.63) is 42.1 Å². The SMILES string of the molecule is CC(C)(O)C1CCC(F)(CCC2c3c(F)cccc3-c3cncn32)CC1. The molecular formula is C21H26F2N2O. The van der Waals surface area contributed by atoms with Gasteiger partial charge in [0.25, 0.3) is 0 Å². The first kappa shape index (κ1) is 17.7. The van der Waals surface area contributed by atoms with Crippen molar-refractivity contribution < 1.29 is 13.9 Å². The van der Waals surface area contributed by atoms with Crippen LogP contribution in [0.1, 0.15) is 64.0 Å². The quantitative estimate of drug-likeness (QED) is 0.829. The maximum absolute atomic E-state index is 15.4. The number of rotatable bonds is 4. The zero-order valence-electron chi connectivity index (χ0n) is 15.4. The third-order valence-corrected chi connectivity index (χ3v) is 6.41. The molecule has 0 spiro atoms. The van der Waals surface area contributed by atoms with Gasteiger partial charge in [0.1, 0.15) is 11.5 Å². The van der Waals surface area contributed by atoms with Gasteiger partial charge < -0.3 is 9.67 Å². The second-order valence-electron chi connectivity index (χ2n) is 8.52. The predicted molar refractivity (Wildman–Crippen MR) is 97.1 cm³/mol. The smallest absolute Gasteiger partial charge is 0.129 e. The van der Waals surface area contributed by atoms with Gasteiger partial charge in [-0.2, -0.15) is 0 Å². The van der Waals surface area contributed by atoms with Gasteiger partial charge in [0, 0.05) is 11.1 Å². The van der Waals surface area contributed by atoms with Crippen LogP contribution in [0.3, 0.4) is 0 Å². The fourth-order valence-electron chi connectivity index (χ4n) is 4.77. The average Bonchev–Trinajstić information content (AvgIpc) is 3.15. The minimum atomic E-state index is -1.23. The molecule has 5 heteroatoms. The Hall–Kier alpha value is -1.75. The maximum atomic E-state index is 15.4. The van der Waals surface area contributed by atoms with Gasteiger partial charge in [-0.05, 0) is 64.4 Å². The summed E-state index contributed by atoms with van der Waals surface area (Å²) in [6.07, 6.45) is 6.76. The Morgan fingerprint density at radius 3 is 2.73 bits per heavy atom. The van der Waals surface area contributed by atoms with Crippen molar-refractivity contribution >= 4 is 0 Å². The van der Waals surface area contributed by atoms with E-state index in [1.54, 1.807) is 18.6 Å². The van der Waals surface area contributed by atoms with Crippen LogP contribution in [0.25, 0.3) is 11.3 Å². The molecule has 2 heterocycles. The van der Waals surface area contributed by atoms with E-state index in [9.17, 15) is 9.50 Å². The molecule has 0 bridgehead atoms. The number of halogens is 2. The van der Waals surface area contributed by atoms with Crippen molar-refractivity contribution in [2.45, 2.75) is 69.7 Å². The van der Waals surface area contributed by atoms with Gasteiger partial charge in [0.05, 0.1) is 29.9 Å². The van der Waals surface area contributed by atoms with E-state index in [-0.39, 0.29) is 17.8 Å². The molecule has 140 valence electrons. The molecular weight excluding hydrogens is 334 g/mol. The molecule has 0 saturated heterocycles. The molecule has 4 rings (SSSR count). The molecule has 1 saturated carbocycles. The minimum Gasteiger partial charge on any atom is -0.390 e. The number of imidazole rings is 1. The number of fused-ring (bicyclic) bond motifs is 3. The fourth-order valence-corrected chi connectivity index (χ4v) is 4.77. The van der Waals surface area contributed by atoms with Gasteiger partial charge in [0.2, 0.25) is 0 Å². The standard InChI is InChI=1S/C21H26F2N2O/c1-20(2,26)14-6-9-21(23,10-7-14)11-8-17-19-15(4-3-5-16(19)22)18-12-24-13-25(17)18/h3-5,12-14,17,26H,6-11H2,1-2H3. The summed E-state index contributed by atoms with van der Waals surface area (Å²) in [6, 6.07) is 4.91. The first-order valence-electron chi connectivity index (χ1n) is 9.50. The number of hydrogen-bond acceptors (Lipinski definition) is 2. The van der Waals surface area contributed by atoms with E-state index < -0.39 is 11.3 Å². The van der Waals surface area contributed by atoms with Crippen LogP contribution in [0.4, 0.5) is 8.78 Å². The molecule has 1 aromatic heterocycles. The van der Waals surface area contributed by atoms with E-state index in [2.05, 4.69) is 4.98 Å². The lowest BCUT2D eigenvalue weighted by Crippen LogP contribution is -2.39. The maximum Gasteiger partial charge on any atom is 0.129 e. The molecule has 26 heavy (non-hydrogen) atoms. The number of hydrogen-bond donors (Lipinski definition) is 1. The monoisotopic (exact) mass is 360 g/mol. The van der Waals surface area contributed by atoms with Gasteiger partial charge in [-0.1, -0.05) is 12.1 Å². The summed E-state index contributed by atoms with van der Waals surface area (Å²) in [5.41, 5.74) is 0.463. The minimum absolute atomic E-state index is 0.149. The van der Waals surface area contributed by atoms with E-state index in [0.717, 1.165) is 11.3 Å². The van der Waals surface area contributed by atoms with Crippen LogP contribution in [0.5, 0.6) is 0 Å². The van der Waals surface area contributed by atoms with E-state index in [4.69, 9.17) is 0 Å². The van der Waals surface area contributed by atoms with Gasteiger partial charge in [-0.15, -0.1) is 0 Å². The molecule has 3 nitrogen and oxygen atoms in total. The van der Waals surface area contributed by atoms with Gasteiger partial charge in [-0.25, -0.2) is 13.8 Å². The Kier molecular flexibility index (Phi) is 4.18. The number of alkyl halides is 1. The second-order valence-corrected chi connectivity index (χ2v) is 8.52. The zero-order valence-corrected chi connectivity index (χ0v) is 15.4. The highest BCUT2D eigenvalue weighted by Gasteiger charge is 2.41. The first-order valence-corrected chi connectivity index (χ1v) is 9.50. The molecule has 1 aliphatic carbocycles. The summed E-state index contributed by atoms with van der Waals surface area (Å²) in [4.78, 5) is 4.19. The molecule has 0 amide bonds. The third kappa shape index (κ3) is 2.96. The van der Waals surface area contributed by atoms with Crippen LogP contribution in [-0.4, -0.2) is 25.9 Å². The van der Waals surface area contributed by atoms with Gasteiger partial charge in [-0.3, -0.25) is 0 Å². The summed E-state index contributed by atoms with van der Waals surface area (Å²) in [6.45, 7) is 3.61. The number of benzene rings is 1. The summed E-state index contributed by atoms with van der Waals surface area (Å²) < 4.78 is 31.8. The number of aromatic nitrogens is 2. The topological polar surface area (TPSA) is 38.1 Å². The van der Waals surface area contributed by atoms with Gasteiger partial charge >= 0.3 is 0 Å². The van der Waals surface area contributed by atoms with E-state index >= 15 is 4.39 Å². The molecule has 1 N–H and O–H groups in total. The average molecular weight is 360 g/mol. The van der Waals surface area contributed by atoms with Crippen LogP contribution in [0, 0.1) is 11.7 Å². The molecule has 0 radical (unpaired) electrons. The van der Waals surface area contributed by atoms with E-state index in [1.807, 2.05) is 24.5 Å². The summed E-state index contributed by atoms with van der Waals surface area (Å²) in [5, 5.41) is 10.2. The Balaban J connectivity index is 1.49. The lowest BCUT2D eigenvalue weighted by Gasteiger charge is -2.39. The normalized spacial score (nSPS) is 28.0. The van der Waals surface area contributed by atoms with Crippen molar-refractivity contribution in [2.75, 3.05) is 0 Å². The Bertz CT molecular complexity index is 801. The first-order chi connectivity index (χ1) is 12.3. The van der Waals surface area contributed by atoms with Crippen LogP contribution in [0.15, 0.2) is 30.7 Å². The Labute approximate surface area is 153 Å². The highest BCUT2D eigenvalue weighted by atomic mass is 19.1. The highest BCUT2D eigenvalue weighted by molar-refractivity contribution is 5.69. The molecule has 1 unspecified atom stereocenters.